The zero-order valence-electron chi connectivity index (χ0n) is 13.7. The molecule has 24 heavy (non-hydrogen) atoms. The van der Waals surface area contributed by atoms with E-state index in [1.54, 1.807) is 16.8 Å². The van der Waals surface area contributed by atoms with Crippen LogP contribution in [-0.4, -0.2) is 64.0 Å². The summed E-state index contributed by atoms with van der Waals surface area (Å²) in [6.07, 6.45) is 3.91. The van der Waals surface area contributed by atoms with Crippen LogP contribution in [0.1, 0.15) is 23.3 Å². The number of aryl methyl sites for hydroxylation is 1. The molecule has 4 heterocycles. The molecular formula is C16H21N5O2S. The second-order valence-corrected chi connectivity index (χ2v) is 7.32. The number of rotatable bonds is 2. The first-order chi connectivity index (χ1) is 11.7. The van der Waals surface area contributed by atoms with Gasteiger partial charge in [0.05, 0.1) is 19.7 Å². The molecule has 2 aromatic heterocycles. The fraction of sp³-hybridized carbons (Fsp3) is 0.562. The van der Waals surface area contributed by atoms with Crippen molar-refractivity contribution in [3.8, 4) is 0 Å². The van der Waals surface area contributed by atoms with E-state index in [0.717, 1.165) is 36.8 Å². The number of carbonyl (C=O) groups excluding carboxylic acids is 1. The zero-order valence-corrected chi connectivity index (χ0v) is 14.5. The zero-order chi connectivity index (χ0) is 16.6. The number of nitrogens with zero attached hydrogens (tertiary/aromatic N) is 5. The lowest BCUT2D eigenvalue weighted by atomic mass is 9.91. The molecule has 4 rings (SSSR count). The SMILES string of the molecule is Cn1cccc1C(=O)N1CCO[C@@]2(CCCN(c3nncs3)C2)C1. The summed E-state index contributed by atoms with van der Waals surface area (Å²) in [5, 5.41) is 9.05. The molecule has 0 radical (unpaired) electrons. The Hall–Kier alpha value is -1.93. The third-order valence-electron chi connectivity index (χ3n) is 4.86. The molecule has 0 saturated carbocycles. The standard InChI is InChI=1S/C16H21N5O2S/c1-19-6-2-4-13(19)14(22)20-8-9-23-16(10-20)5-3-7-21(11-16)15-18-17-12-24-15/h2,4,6,12H,3,5,7-11H2,1H3/t16-/m0/s1. The quantitative estimate of drug-likeness (QED) is 0.821. The number of ether oxygens (including phenoxy) is 1. The van der Waals surface area contributed by atoms with E-state index in [2.05, 4.69) is 15.1 Å². The van der Waals surface area contributed by atoms with E-state index in [1.807, 2.05) is 34.8 Å². The van der Waals surface area contributed by atoms with Crippen molar-refractivity contribution in [1.82, 2.24) is 19.7 Å². The molecule has 0 aliphatic carbocycles. The highest BCUT2D eigenvalue weighted by atomic mass is 32.1. The normalized spacial score (nSPS) is 24.5. The minimum absolute atomic E-state index is 0.0817. The van der Waals surface area contributed by atoms with Gasteiger partial charge in [0.25, 0.3) is 5.91 Å². The van der Waals surface area contributed by atoms with Gasteiger partial charge < -0.3 is 19.1 Å². The average Bonchev–Trinajstić information content (AvgIpc) is 3.26. The van der Waals surface area contributed by atoms with Crippen molar-refractivity contribution in [3.63, 3.8) is 0 Å². The topological polar surface area (TPSA) is 63.5 Å². The lowest BCUT2D eigenvalue weighted by molar-refractivity contribution is -0.105. The van der Waals surface area contributed by atoms with E-state index >= 15 is 0 Å². The van der Waals surface area contributed by atoms with Crippen molar-refractivity contribution in [2.75, 3.05) is 37.7 Å². The van der Waals surface area contributed by atoms with Crippen molar-refractivity contribution in [2.45, 2.75) is 18.4 Å². The van der Waals surface area contributed by atoms with E-state index in [0.29, 0.717) is 19.7 Å². The van der Waals surface area contributed by atoms with Crippen molar-refractivity contribution in [2.24, 2.45) is 7.05 Å². The number of morpholine rings is 1. The Morgan fingerprint density at radius 3 is 3.04 bits per heavy atom. The molecule has 2 aliphatic heterocycles. The molecule has 2 aromatic rings. The van der Waals surface area contributed by atoms with Crippen LogP contribution in [-0.2, 0) is 11.8 Å². The average molecular weight is 347 g/mol. The van der Waals surface area contributed by atoms with E-state index in [9.17, 15) is 4.79 Å². The molecule has 2 saturated heterocycles. The van der Waals surface area contributed by atoms with Crippen molar-refractivity contribution in [3.05, 3.63) is 29.5 Å². The highest BCUT2D eigenvalue weighted by Crippen LogP contribution is 2.32. The molecule has 128 valence electrons. The smallest absolute Gasteiger partial charge is 0.270 e. The van der Waals surface area contributed by atoms with Gasteiger partial charge in [0.15, 0.2) is 0 Å². The predicted octanol–water partition coefficient (Wildman–Crippen LogP) is 1.39. The molecule has 0 N–H and O–H groups in total. The van der Waals surface area contributed by atoms with Gasteiger partial charge in [-0.2, -0.15) is 0 Å². The molecule has 2 aliphatic rings. The number of aromatic nitrogens is 3. The third kappa shape index (κ3) is 2.80. The van der Waals surface area contributed by atoms with Crippen LogP contribution in [0.5, 0.6) is 0 Å². The highest BCUT2D eigenvalue weighted by Gasteiger charge is 2.42. The fourth-order valence-corrected chi connectivity index (χ4v) is 4.26. The monoisotopic (exact) mass is 347 g/mol. The lowest BCUT2D eigenvalue weighted by Gasteiger charge is -2.47. The molecule has 8 heteroatoms. The van der Waals surface area contributed by atoms with Crippen LogP contribution in [0, 0.1) is 0 Å². The summed E-state index contributed by atoms with van der Waals surface area (Å²) in [4.78, 5) is 17.0. The fourth-order valence-electron chi connectivity index (χ4n) is 3.68. The van der Waals surface area contributed by atoms with Gasteiger partial charge in [-0.15, -0.1) is 10.2 Å². The largest absolute Gasteiger partial charge is 0.369 e. The number of piperidine rings is 1. The molecular weight excluding hydrogens is 326 g/mol. The van der Waals surface area contributed by atoms with Crippen molar-refractivity contribution in [1.29, 1.82) is 0 Å². The molecule has 0 unspecified atom stereocenters. The van der Waals surface area contributed by atoms with Crippen molar-refractivity contribution >= 4 is 22.4 Å². The summed E-state index contributed by atoms with van der Waals surface area (Å²) in [6.45, 7) is 3.59. The minimum Gasteiger partial charge on any atom is -0.369 e. The highest BCUT2D eigenvalue weighted by molar-refractivity contribution is 7.13. The van der Waals surface area contributed by atoms with Gasteiger partial charge >= 0.3 is 0 Å². The summed E-state index contributed by atoms with van der Waals surface area (Å²) in [6, 6.07) is 3.78. The van der Waals surface area contributed by atoms with Gasteiger partial charge in [-0.1, -0.05) is 11.3 Å². The molecule has 1 amide bonds. The lowest BCUT2D eigenvalue weighted by Crippen LogP contribution is -2.61. The number of carbonyl (C=O) groups is 1. The summed E-state index contributed by atoms with van der Waals surface area (Å²) in [7, 11) is 1.90. The van der Waals surface area contributed by atoms with E-state index in [-0.39, 0.29) is 11.5 Å². The van der Waals surface area contributed by atoms with Gasteiger partial charge in [0, 0.05) is 26.3 Å². The molecule has 7 nitrogen and oxygen atoms in total. The second-order valence-electron chi connectivity index (χ2n) is 6.51. The van der Waals surface area contributed by atoms with Crippen LogP contribution >= 0.6 is 11.3 Å². The molecule has 1 spiro atoms. The summed E-state index contributed by atoms with van der Waals surface area (Å²) >= 11 is 1.55. The predicted molar refractivity (Wildman–Crippen MR) is 91.4 cm³/mol. The van der Waals surface area contributed by atoms with Crippen LogP contribution in [0.2, 0.25) is 0 Å². The molecule has 2 fully saturated rings. The maximum atomic E-state index is 12.8. The second kappa shape index (κ2) is 6.18. The van der Waals surface area contributed by atoms with Crippen LogP contribution in [0.3, 0.4) is 0 Å². The number of hydrogen-bond acceptors (Lipinski definition) is 6. The summed E-state index contributed by atoms with van der Waals surface area (Å²) in [5.41, 5.74) is 2.18. The first kappa shape index (κ1) is 15.6. The first-order valence-electron chi connectivity index (χ1n) is 8.23. The summed E-state index contributed by atoms with van der Waals surface area (Å²) < 4.78 is 8.05. The Labute approximate surface area is 144 Å². The Bertz CT molecular complexity index is 712. The Morgan fingerprint density at radius 2 is 2.29 bits per heavy atom. The number of hydrogen-bond donors (Lipinski definition) is 0. The van der Waals surface area contributed by atoms with Crippen LogP contribution in [0.25, 0.3) is 0 Å². The van der Waals surface area contributed by atoms with Gasteiger partial charge in [-0.3, -0.25) is 4.79 Å². The maximum absolute atomic E-state index is 12.8. The van der Waals surface area contributed by atoms with Crippen LogP contribution in [0.4, 0.5) is 5.13 Å². The first-order valence-corrected chi connectivity index (χ1v) is 9.11. The minimum atomic E-state index is -0.303. The van der Waals surface area contributed by atoms with Gasteiger partial charge in [-0.25, -0.2) is 0 Å². The summed E-state index contributed by atoms with van der Waals surface area (Å²) in [5.74, 6) is 0.0817. The Morgan fingerprint density at radius 1 is 1.38 bits per heavy atom. The van der Waals surface area contributed by atoms with Gasteiger partial charge in [-0.05, 0) is 25.0 Å². The van der Waals surface area contributed by atoms with E-state index in [4.69, 9.17) is 4.74 Å². The third-order valence-corrected chi connectivity index (χ3v) is 5.61. The Kier molecular flexibility index (Phi) is 4.01. The van der Waals surface area contributed by atoms with E-state index in [1.165, 1.54) is 0 Å². The van der Waals surface area contributed by atoms with Gasteiger partial charge in [0.2, 0.25) is 5.13 Å². The number of amides is 1. The van der Waals surface area contributed by atoms with Crippen LogP contribution < -0.4 is 4.90 Å². The van der Waals surface area contributed by atoms with E-state index < -0.39 is 0 Å². The van der Waals surface area contributed by atoms with Crippen molar-refractivity contribution < 1.29 is 9.53 Å². The molecule has 0 bridgehead atoms. The maximum Gasteiger partial charge on any atom is 0.270 e. The number of anilines is 1. The van der Waals surface area contributed by atoms with Crippen LogP contribution in [0.15, 0.2) is 23.8 Å². The molecule has 0 aromatic carbocycles. The van der Waals surface area contributed by atoms with Gasteiger partial charge in [0.1, 0.15) is 16.8 Å². The Balaban J connectivity index is 1.51. The molecule has 1 atom stereocenters.